The monoisotopic (exact) mass is 826 g/mol. The number of oxazole rings is 1. The lowest BCUT2D eigenvalue weighted by Gasteiger charge is -2.17. The molecule has 1 aromatic heterocycles. The van der Waals surface area contributed by atoms with Crippen molar-refractivity contribution in [1.29, 1.82) is 0 Å². The molecule has 0 amide bonds. The van der Waals surface area contributed by atoms with Crippen molar-refractivity contribution in [1.82, 2.24) is 4.98 Å². The Balaban J connectivity index is 1.08. The van der Waals surface area contributed by atoms with Gasteiger partial charge in [-0.1, -0.05) is 176 Å². The topological polar surface area (TPSA) is 38.4 Å². The molecular weight excluding hydrogens is 789 g/mol. The largest absolute Gasteiger partial charge is 0.436 e. The number of nitrogens with zero attached hydrogens (tertiary/aromatic N) is 2. The quantitative estimate of drug-likeness (QED) is 0.166. The third-order valence-electron chi connectivity index (χ3n) is 13.1. The van der Waals surface area contributed by atoms with E-state index in [9.17, 15) is 0 Å². The molecule has 2 heterocycles. The fourth-order valence-corrected chi connectivity index (χ4v) is 10.0. The van der Waals surface area contributed by atoms with E-state index in [0.717, 1.165) is 61.5 Å². The number of rotatable bonds is 4. The molecule has 13 rings (SSSR count). The smallest absolute Gasteiger partial charge is 0.227 e. The van der Waals surface area contributed by atoms with Gasteiger partial charge in [-0.15, -0.1) is 0 Å². The van der Waals surface area contributed by atoms with E-state index in [-0.39, 0.29) is 0 Å². The van der Waals surface area contributed by atoms with E-state index in [1.807, 2.05) is 24.3 Å². The molecule has 3 nitrogen and oxygen atoms in total. The first-order valence-corrected chi connectivity index (χ1v) is 22.1. The molecule has 1 aliphatic rings. The number of hydrogen-bond donors (Lipinski definition) is 0. The van der Waals surface area contributed by atoms with Crippen LogP contribution >= 0.6 is 0 Å². The number of fused-ring (bicyclic) bond motifs is 16. The maximum absolute atomic E-state index is 6.20. The maximum atomic E-state index is 6.20. The molecule has 1 aliphatic heterocycles. The van der Waals surface area contributed by atoms with Crippen molar-refractivity contribution in [3.63, 3.8) is 0 Å². The zero-order valence-corrected chi connectivity index (χ0v) is 35.2. The molecule has 0 fully saturated rings. The Kier molecular flexibility index (Phi) is 8.53. The second-order valence-electron chi connectivity index (χ2n) is 16.8. The minimum atomic E-state index is 0.601. The summed E-state index contributed by atoms with van der Waals surface area (Å²) >= 11 is 0. The molecule has 0 atom stereocenters. The van der Waals surface area contributed by atoms with Gasteiger partial charge in [0.1, 0.15) is 5.52 Å². The molecule has 0 spiro atoms. The fourth-order valence-electron chi connectivity index (χ4n) is 10.0. The average Bonchev–Trinajstić information content (AvgIpc) is 3.81. The van der Waals surface area contributed by atoms with E-state index in [0.29, 0.717) is 5.89 Å². The minimum Gasteiger partial charge on any atom is -0.436 e. The number of para-hydroxylation sites is 2. The Labute approximate surface area is 375 Å². The molecule has 0 N–H and O–H groups in total. The second-order valence-corrected chi connectivity index (χ2v) is 16.8. The molecule has 0 unspecified atom stereocenters. The van der Waals surface area contributed by atoms with E-state index >= 15 is 0 Å². The zero-order valence-electron chi connectivity index (χ0n) is 35.2. The molecule has 65 heavy (non-hydrogen) atoms. The predicted molar refractivity (Wildman–Crippen MR) is 274 cm³/mol. The summed E-state index contributed by atoms with van der Waals surface area (Å²) in [5.41, 5.74) is 10.6. The van der Waals surface area contributed by atoms with Crippen LogP contribution in [-0.2, 0) is 0 Å². The molecule has 12 aromatic rings. The van der Waals surface area contributed by atoms with Crippen LogP contribution in [0.2, 0.25) is 0 Å². The molecule has 2 bridgehead atoms. The summed E-state index contributed by atoms with van der Waals surface area (Å²) in [4.78, 5) is 10.5. The van der Waals surface area contributed by atoms with Gasteiger partial charge in [0.15, 0.2) is 5.58 Å². The normalized spacial score (nSPS) is 13.3. The molecule has 3 heteroatoms. The number of aromatic nitrogens is 1. The van der Waals surface area contributed by atoms with E-state index in [4.69, 9.17) is 14.4 Å². The number of allylic oxidation sites excluding steroid dienone is 1. The summed E-state index contributed by atoms with van der Waals surface area (Å²) in [5.74, 6) is 0.601. The van der Waals surface area contributed by atoms with Crippen molar-refractivity contribution >= 4 is 92.7 Å². The van der Waals surface area contributed by atoms with Gasteiger partial charge in [-0.25, -0.2) is 9.98 Å². The third-order valence-corrected chi connectivity index (χ3v) is 13.1. The van der Waals surface area contributed by atoms with Crippen molar-refractivity contribution in [3.05, 3.63) is 247 Å². The Morgan fingerprint density at radius 3 is 1.34 bits per heavy atom. The van der Waals surface area contributed by atoms with Gasteiger partial charge in [-0.05, 0) is 142 Å². The zero-order chi connectivity index (χ0) is 42.8. The predicted octanol–water partition coefficient (Wildman–Crippen LogP) is 16.8. The van der Waals surface area contributed by atoms with Crippen molar-refractivity contribution < 1.29 is 4.42 Å². The second kappa shape index (κ2) is 15.0. The van der Waals surface area contributed by atoms with Crippen LogP contribution in [0.1, 0.15) is 16.7 Å². The Hall–Kier alpha value is -8.66. The van der Waals surface area contributed by atoms with Gasteiger partial charge < -0.3 is 4.42 Å². The van der Waals surface area contributed by atoms with Crippen molar-refractivity contribution in [2.24, 2.45) is 4.99 Å². The van der Waals surface area contributed by atoms with Gasteiger partial charge in [-0.3, -0.25) is 0 Å². The molecule has 0 saturated heterocycles. The first kappa shape index (κ1) is 36.9. The minimum absolute atomic E-state index is 0.601. The van der Waals surface area contributed by atoms with E-state index < -0.39 is 0 Å². The molecule has 0 radical (unpaired) electrons. The number of hydrogen-bond acceptors (Lipinski definition) is 3. The van der Waals surface area contributed by atoms with Gasteiger partial charge in [0.2, 0.25) is 5.89 Å². The summed E-state index contributed by atoms with van der Waals surface area (Å²) in [6.45, 7) is 0. The lowest BCUT2D eigenvalue weighted by Crippen LogP contribution is -2.02. The Morgan fingerprint density at radius 1 is 0.308 bits per heavy atom. The Bertz CT molecular complexity index is 3960. The highest BCUT2D eigenvalue weighted by Crippen LogP contribution is 2.42. The van der Waals surface area contributed by atoms with Crippen LogP contribution in [0, 0.1) is 0 Å². The van der Waals surface area contributed by atoms with Gasteiger partial charge >= 0.3 is 0 Å². The average molecular weight is 827 g/mol. The highest BCUT2D eigenvalue weighted by atomic mass is 16.3. The number of benzene rings is 10. The van der Waals surface area contributed by atoms with Crippen LogP contribution in [0.4, 0.5) is 5.69 Å². The molecule has 0 aliphatic carbocycles. The van der Waals surface area contributed by atoms with Gasteiger partial charge in [0, 0.05) is 16.7 Å². The summed E-state index contributed by atoms with van der Waals surface area (Å²) in [5, 5.41) is 14.9. The van der Waals surface area contributed by atoms with Crippen LogP contribution in [0.5, 0.6) is 0 Å². The van der Waals surface area contributed by atoms with Crippen molar-refractivity contribution in [2.45, 2.75) is 0 Å². The lowest BCUT2D eigenvalue weighted by atomic mass is 9.89. The van der Waals surface area contributed by atoms with E-state index in [1.165, 1.54) is 64.6 Å². The van der Waals surface area contributed by atoms with Crippen LogP contribution in [0.15, 0.2) is 240 Å². The lowest BCUT2D eigenvalue weighted by molar-refractivity contribution is 0.620. The first-order valence-electron chi connectivity index (χ1n) is 22.1. The highest BCUT2D eigenvalue weighted by molar-refractivity contribution is 6.28. The first-order chi connectivity index (χ1) is 32.2. The van der Waals surface area contributed by atoms with E-state index in [1.54, 1.807) is 0 Å². The standard InChI is InChI=1S/C62H38N2O/c1-2-4-24-58-55(42-31-33-52-48-20-7-5-16-44(48)46-18-9-11-22-50(46)56(52)36-42)35-41(15-3-1)54(39-27-29-40(30-28-39)62-64-59-25-13-14-26-61(59)65-62)38-60(63-58)43-32-34-53-49-21-8-6-17-45(49)47-19-10-12-23-51(47)57(53)37-43/h1-38H/b2-1?,3-1?,4-2?,15-3?,24-4?,41-15?,41-35?,54-38-,54-41?,55-35?,58-24?,58-55?,60-38?,63-58?,63-60?. The SMILES string of the molecule is C1=C(/c2ccc(-c3nc4ccccc4o3)cc2)c2ccccccc(c(-c3ccc4c5ccccc5c5ccccc5c4c3)c2)N=C/1c1ccc2c3ccccc3c3ccccc3c2c1. The summed E-state index contributed by atoms with van der Waals surface area (Å²) < 4.78 is 6.20. The summed E-state index contributed by atoms with van der Waals surface area (Å²) in [7, 11) is 0. The molecule has 302 valence electrons. The molecule has 11 aromatic carbocycles. The summed E-state index contributed by atoms with van der Waals surface area (Å²) in [6.07, 6.45) is 2.27. The van der Waals surface area contributed by atoms with Crippen LogP contribution in [0.3, 0.4) is 0 Å². The van der Waals surface area contributed by atoms with Crippen molar-refractivity contribution in [3.8, 4) is 22.6 Å². The van der Waals surface area contributed by atoms with Gasteiger partial charge in [0.05, 0.1) is 11.4 Å². The van der Waals surface area contributed by atoms with Crippen LogP contribution < -0.4 is 0 Å². The van der Waals surface area contributed by atoms with Crippen molar-refractivity contribution in [2.75, 3.05) is 0 Å². The van der Waals surface area contributed by atoms with E-state index in [2.05, 4.69) is 206 Å². The third kappa shape index (κ3) is 6.20. The molecule has 0 saturated carbocycles. The van der Waals surface area contributed by atoms with Crippen LogP contribution in [0.25, 0.3) is 104 Å². The van der Waals surface area contributed by atoms with Gasteiger partial charge in [0.25, 0.3) is 0 Å². The Morgan fingerprint density at radius 2 is 0.754 bits per heavy atom. The summed E-state index contributed by atoms with van der Waals surface area (Å²) in [6, 6.07) is 80.4. The highest BCUT2D eigenvalue weighted by Gasteiger charge is 2.18. The van der Waals surface area contributed by atoms with Gasteiger partial charge in [-0.2, -0.15) is 0 Å². The van der Waals surface area contributed by atoms with Crippen LogP contribution in [-0.4, -0.2) is 10.7 Å². The fraction of sp³-hybridized carbons (Fsp3) is 0. The molecular formula is C62H38N2O. The maximum Gasteiger partial charge on any atom is 0.227 e. The number of aliphatic imine (C=N–C) groups is 1.